The van der Waals surface area contributed by atoms with E-state index in [0.717, 1.165) is 11.8 Å². The second-order valence-electron chi connectivity index (χ2n) is 9.77. The number of aliphatic hydroxyl groups excluding tert-OH is 1. The van der Waals surface area contributed by atoms with E-state index in [1.807, 2.05) is 0 Å². The maximum Gasteiger partial charge on any atom is 0.512 e. The van der Waals surface area contributed by atoms with E-state index in [-0.39, 0.29) is 10.8 Å². The molecular weight excluding hydrogens is 609 g/mol. The SMILES string of the molecule is CC(C)OC(=O)OCOC(=O)O[C@@H]1[C@H]2[C@H](O)[C@H](CSc3ccc(F)c(Cl)c3)[C@](N)(OC(=O)OCOC(=O)OC(C)C)[C@H]12. The summed E-state index contributed by atoms with van der Waals surface area (Å²) in [6, 6.07) is 4.02. The summed E-state index contributed by atoms with van der Waals surface area (Å²) in [5.74, 6) is -3.13. The molecule has 2 aliphatic rings. The number of aliphatic hydroxyl groups is 1. The summed E-state index contributed by atoms with van der Waals surface area (Å²) < 4.78 is 52.4. The van der Waals surface area contributed by atoms with E-state index in [4.69, 9.17) is 45.8 Å². The predicted molar refractivity (Wildman–Crippen MR) is 140 cm³/mol. The highest BCUT2D eigenvalue weighted by Crippen LogP contribution is 2.62. The van der Waals surface area contributed by atoms with Crippen molar-refractivity contribution in [1.29, 1.82) is 0 Å². The molecule has 0 aliphatic heterocycles. The van der Waals surface area contributed by atoms with Crippen LogP contribution in [0.4, 0.5) is 23.6 Å². The van der Waals surface area contributed by atoms with Crippen molar-refractivity contribution in [3.8, 4) is 0 Å². The molecule has 234 valence electrons. The van der Waals surface area contributed by atoms with Gasteiger partial charge in [0.1, 0.15) is 11.9 Å². The Morgan fingerprint density at radius 1 is 0.976 bits per heavy atom. The van der Waals surface area contributed by atoms with E-state index in [9.17, 15) is 28.7 Å². The average molecular weight is 640 g/mol. The summed E-state index contributed by atoms with van der Waals surface area (Å²) in [5, 5.41) is 10.9. The largest absolute Gasteiger partial charge is 0.512 e. The van der Waals surface area contributed by atoms with Gasteiger partial charge >= 0.3 is 24.6 Å². The molecule has 2 saturated carbocycles. The topological polar surface area (TPSA) is 188 Å². The van der Waals surface area contributed by atoms with Gasteiger partial charge in [-0.3, -0.25) is 5.73 Å². The van der Waals surface area contributed by atoms with Crippen LogP contribution in [0.15, 0.2) is 23.1 Å². The Kier molecular flexibility index (Phi) is 11.3. The Balaban J connectivity index is 1.64. The summed E-state index contributed by atoms with van der Waals surface area (Å²) in [4.78, 5) is 48.1. The van der Waals surface area contributed by atoms with Gasteiger partial charge in [0.15, 0.2) is 5.72 Å². The third-order valence-corrected chi connectivity index (χ3v) is 7.50. The molecule has 1 aromatic rings. The van der Waals surface area contributed by atoms with E-state index >= 15 is 0 Å². The van der Waals surface area contributed by atoms with Crippen LogP contribution in [0.2, 0.25) is 5.02 Å². The number of hydrogen-bond acceptors (Lipinski definition) is 15. The van der Waals surface area contributed by atoms with Crippen molar-refractivity contribution in [1.82, 2.24) is 0 Å². The third kappa shape index (κ3) is 8.65. The molecule has 17 heteroatoms. The van der Waals surface area contributed by atoms with Gasteiger partial charge in [0.05, 0.1) is 29.3 Å². The van der Waals surface area contributed by atoms with E-state index in [1.54, 1.807) is 27.7 Å². The highest BCUT2D eigenvalue weighted by molar-refractivity contribution is 7.99. The first kappa shape index (κ1) is 33.3. The highest BCUT2D eigenvalue weighted by Gasteiger charge is 2.77. The van der Waals surface area contributed by atoms with Crippen molar-refractivity contribution in [2.75, 3.05) is 19.3 Å². The molecule has 0 amide bonds. The molecule has 0 unspecified atom stereocenters. The number of hydrogen-bond donors (Lipinski definition) is 2. The lowest BCUT2D eigenvalue weighted by atomic mass is 9.94. The lowest BCUT2D eigenvalue weighted by Gasteiger charge is -2.35. The Labute approximate surface area is 249 Å². The van der Waals surface area contributed by atoms with Crippen LogP contribution in [0, 0.1) is 23.6 Å². The molecule has 0 saturated heterocycles. The number of rotatable bonds is 11. The molecule has 0 aromatic heterocycles. The molecule has 0 radical (unpaired) electrons. The van der Waals surface area contributed by atoms with Gasteiger partial charge in [-0.2, -0.15) is 0 Å². The second kappa shape index (κ2) is 14.3. The van der Waals surface area contributed by atoms with Crippen LogP contribution < -0.4 is 5.73 Å². The van der Waals surface area contributed by atoms with Gasteiger partial charge in [-0.25, -0.2) is 23.6 Å². The van der Waals surface area contributed by atoms with Crippen molar-refractivity contribution < 1.29 is 66.6 Å². The molecule has 3 N–H and O–H groups in total. The first-order chi connectivity index (χ1) is 19.7. The fourth-order valence-electron chi connectivity index (χ4n) is 4.35. The van der Waals surface area contributed by atoms with Crippen molar-refractivity contribution in [2.45, 2.75) is 62.7 Å². The Hall–Kier alpha value is -3.21. The number of fused-ring (bicyclic) bond motifs is 1. The quantitative estimate of drug-likeness (QED) is 0.152. The van der Waals surface area contributed by atoms with Crippen LogP contribution in [0.3, 0.4) is 0 Å². The standard InChI is InChI=1S/C25H31ClFNO13S/c1-11(2)38-21(30)34-9-36-23(32)40-20-17-18(20)25(28,41-24(33)37-10-35-22(31)39-12(3)4)14(19(17)29)8-42-13-5-6-16(27)15(26)7-13/h5-7,11-12,14,17-20,29H,8-10,28H2,1-4H3/t14-,17+,18-,19+,20+,25-/m0/s1. The first-order valence-electron chi connectivity index (χ1n) is 12.6. The summed E-state index contributed by atoms with van der Waals surface area (Å²) in [5.41, 5.74) is 4.58. The number of ether oxygens (including phenoxy) is 8. The molecule has 0 spiro atoms. The smallest absolute Gasteiger partial charge is 0.431 e. The average Bonchev–Trinajstić information content (AvgIpc) is 3.54. The minimum absolute atomic E-state index is 0.0695. The normalized spacial score (nSPS) is 25.7. The number of carbonyl (C=O) groups excluding carboxylic acids is 4. The zero-order chi connectivity index (χ0) is 31.2. The Bertz CT molecular complexity index is 1160. The van der Waals surface area contributed by atoms with Crippen molar-refractivity contribution in [3.05, 3.63) is 29.0 Å². The van der Waals surface area contributed by atoms with Crippen LogP contribution in [0.25, 0.3) is 0 Å². The molecular formula is C25H31ClFNO13S. The lowest BCUT2D eigenvalue weighted by Crippen LogP contribution is -2.55. The maximum absolute atomic E-state index is 13.6. The fourth-order valence-corrected chi connectivity index (χ4v) is 5.79. The number of halogens is 2. The van der Waals surface area contributed by atoms with E-state index in [2.05, 4.69) is 9.47 Å². The van der Waals surface area contributed by atoms with Crippen LogP contribution >= 0.6 is 23.4 Å². The number of carbonyl (C=O) groups is 4. The molecule has 1 aromatic carbocycles. The third-order valence-electron chi connectivity index (χ3n) is 6.10. The molecule has 14 nitrogen and oxygen atoms in total. The molecule has 3 rings (SSSR count). The first-order valence-corrected chi connectivity index (χ1v) is 14.0. The minimum Gasteiger partial charge on any atom is -0.431 e. The van der Waals surface area contributed by atoms with Crippen molar-refractivity contribution in [3.63, 3.8) is 0 Å². The van der Waals surface area contributed by atoms with Gasteiger partial charge in [-0.05, 0) is 45.9 Å². The van der Waals surface area contributed by atoms with E-state index in [0.29, 0.717) is 4.90 Å². The Morgan fingerprint density at radius 3 is 2.07 bits per heavy atom. The number of nitrogens with two attached hydrogens (primary N) is 1. The lowest BCUT2D eigenvalue weighted by molar-refractivity contribution is -0.111. The summed E-state index contributed by atoms with van der Waals surface area (Å²) in [7, 11) is 0. The molecule has 6 atom stereocenters. The summed E-state index contributed by atoms with van der Waals surface area (Å²) >= 11 is 7.00. The monoisotopic (exact) mass is 639 g/mol. The molecule has 2 aliphatic carbocycles. The van der Waals surface area contributed by atoms with Gasteiger partial charge in [-0.15, -0.1) is 11.8 Å². The zero-order valence-corrected chi connectivity index (χ0v) is 24.6. The minimum atomic E-state index is -1.93. The van der Waals surface area contributed by atoms with Crippen LogP contribution in [-0.4, -0.2) is 79.2 Å². The summed E-state index contributed by atoms with van der Waals surface area (Å²) in [6.07, 6.45) is -7.92. The maximum atomic E-state index is 13.6. The molecule has 42 heavy (non-hydrogen) atoms. The van der Waals surface area contributed by atoms with Gasteiger partial charge in [-0.1, -0.05) is 11.6 Å². The number of benzene rings is 1. The fraction of sp³-hybridized carbons (Fsp3) is 0.600. The van der Waals surface area contributed by atoms with E-state index in [1.165, 1.54) is 18.2 Å². The summed E-state index contributed by atoms with van der Waals surface area (Å²) in [6.45, 7) is 4.72. The van der Waals surface area contributed by atoms with Gasteiger partial charge in [0.25, 0.3) is 0 Å². The second-order valence-corrected chi connectivity index (χ2v) is 11.3. The molecule has 0 heterocycles. The van der Waals surface area contributed by atoms with Gasteiger partial charge < -0.3 is 43.0 Å². The van der Waals surface area contributed by atoms with Crippen LogP contribution in [0.1, 0.15) is 27.7 Å². The van der Waals surface area contributed by atoms with Crippen molar-refractivity contribution in [2.24, 2.45) is 23.5 Å². The zero-order valence-electron chi connectivity index (χ0n) is 23.0. The highest BCUT2D eigenvalue weighted by atomic mass is 35.5. The van der Waals surface area contributed by atoms with Crippen LogP contribution in [-0.2, 0) is 37.9 Å². The Morgan fingerprint density at radius 2 is 1.52 bits per heavy atom. The van der Waals surface area contributed by atoms with Gasteiger partial charge in [0, 0.05) is 22.5 Å². The van der Waals surface area contributed by atoms with Crippen LogP contribution in [0.5, 0.6) is 0 Å². The van der Waals surface area contributed by atoms with E-state index < -0.39 is 91.9 Å². The molecule has 0 bridgehead atoms. The van der Waals surface area contributed by atoms with Crippen molar-refractivity contribution >= 4 is 48.0 Å². The van der Waals surface area contributed by atoms with Gasteiger partial charge in [0.2, 0.25) is 13.6 Å². The number of thioether (sulfide) groups is 1. The predicted octanol–water partition coefficient (Wildman–Crippen LogP) is 4.18. The molecule has 2 fully saturated rings.